The molecule has 0 saturated heterocycles. The number of aryl methyl sites for hydroxylation is 2. The normalized spacial score (nSPS) is 16.6. The SMILES string of the molecule is CCc1nnc(C)cc1C(=O)NC1(CN)CC1. The first-order valence-corrected chi connectivity index (χ1v) is 5.96. The monoisotopic (exact) mass is 234 g/mol. The standard InChI is InChI=1S/C12H18N4O/c1-3-10-9(6-8(2)15-16-10)11(17)14-12(7-13)4-5-12/h6H,3-5,7,13H2,1-2H3,(H,14,17). The summed E-state index contributed by atoms with van der Waals surface area (Å²) in [7, 11) is 0. The van der Waals surface area contributed by atoms with E-state index < -0.39 is 0 Å². The summed E-state index contributed by atoms with van der Waals surface area (Å²) in [5, 5.41) is 11.0. The lowest BCUT2D eigenvalue weighted by atomic mass is 10.1. The van der Waals surface area contributed by atoms with Crippen LogP contribution in [0.2, 0.25) is 0 Å². The molecular formula is C12H18N4O. The van der Waals surface area contributed by atoms with E-state index in [1.165, 1.54) is 0 Å². The van der Waals surface area contributed by atoms with E-state index in [0.29, 0.717) is 18.5 Å². The first-order chi connectivity index (χ1) is 8.10. The zero-order valence-corrected chi connectivity index (χ0v) is 10.3. The molecule has 5 heteroatoms. The highest BCUT2D eigenvalue weighted by Gasteiger charge is 2.42. The molecule has 92 valence electrons. The molecule has 17 heavy (non-hydrogen) atoms. The van der Waals surface area contributed by atoms with E-state index >= 15 is 0 Å². The van der Waals surface area contributed by atoms with Gasteiger partial charge in [0.05, 0.1) is 22.5 Å². The number of rotatable bonds is 4. The molecule has 1 amide bonds. The van der Waals surface area contributed by atoms with Gasteiger partial charge in [0, 0.05) is 6.54 Å². The number of nitrogens with one attached hydrogen (secondary N) is 1. The van der Waals surface area contributed by atoms with E-state index in [1.807, 2.05) is 13.8 Å². The molecule has 0 unspecified atom stereocenters. The average molecular weight is 234 g/mol. The van der Waals surface area contributed by atoms with Crippen LogP contribution in [0.5, 0.6) is 0 Å². The zero-order valence-electron chi connectivity index (χ0n) is 10.3. The number of carbonyl (C=O) groups is 1. The van der Waals surface area contributed by atoms with Gasteiger partial charge in [-0.15, -0.1) is 0 Å². The molecule has 0 aromatic carbocycles. The van der Waals surface area contributed by atoms with Gasteiger partial charge in [0.2, 0.25) is 0 Å². The molecule has 1 saturated carbocycles. The van der Waals surface area contributed by atoms with Gasteiger partial charge < -0.3 is 11.1 Å². The minimum Gasteiger partial charge on any atom is -0.345 e. The topological polar surface area (TPSA) is 80.9 Å². The van der Waals surface area contributed by atoms with Crippen LogP contribution in [0, 0.1) is 6.92 Å². The van der Waals surface area contributed by atoms with Gasteiger partial charge in [-0.2, -0.15) is 10.2 Å². The maximum Gasteiger partial charge on any atom is 0.253 e. The molecule has 0 aliphatic heterocycles. The second-order valence-electron chi connectivity index (χ2n) is 4.64. The van der Waals surface area contributed by atoms with Gasteiger partial charge in [-0.3, -0.25) is 4.79 Å². The third-order valence-corrected chi connectivity index (χ3v) is 3.20. The Morgan fingerprint density at radius 1 is 1.53 bits per heavy atom. The maximum atomic E-state index is 12.2. The van der Waals surface area contributed by atoms with Gasteiger partial charge >= 0.3 is 0 Å². The fraction of sp³-hybridized carbons (Fsp3) is 0.583. The average Bonchev–Trinajstić information content (AvgIpc) is 3.09. The largest absolute Gasteiger partial charge is 0.345 e. The van der Waals surface area contributed by atoms with Gasteiger partial charge in [-0.1, -0.05) is 6.92 Å². The highest BCUT2D eigenvalue weighted by Crippen LogP contribution is 2.34. The number of carbonyl (C=O) groups excluding carboxylic acids is 1. The molecular weight excluding hydrogens is 216 g/mol. The molecule has 1 aliphatic carbocycles. The van der Waals surface area contributed by atoms with Crippen molar-refractivity contribution in [1.29, 1.82) is 0 Å². The third-order valence-electron chi connectivity index (χ3n) is 3.20. The smallest absolute Gasteiger partial charge is 0.253 e. The summed E-state index contributed by atoms with van der Waals surface area (Å²) in [4.78, 5) is 12.2. The van der Waals surface area contributed by atoms with E-state index in [1.54, 1.807) is 6.07 Å². The van der Waals surface area contributed by atoms with Crippen molar-refractivity contribution in [3.05, 3.63) is 23.0 Å². The van der Waals surface area contributed by atoms with Crippen molar-refractivity contribution in [2.45, 2.75) is 38.6 Å². The molecule has 3 N–H and O–H groups in total. The molecule has 0 atom stereocenters. The lowest BCUT2D eigenvalue weighted by molar-refractivity contribution is 0.0931. The van der Waals surface area contributed by atoms with Gasteiger partial charge in [-0.25, -0.2) is 0 Å². The Morgan fingerprint density at radius 2 is 2.24 bits per heavy atom. The first kappa shape index (κ1) is 12.0. The minimum absolute atomic E-state index is 0.0807. The van der Waals surface area contributed by atoms with Crippen LogP contribution >= 0.6 is 0 Å². The van der Waals surface area contributed by atoms with E-state index in [4.69, 9.17) is 5.73 Å². The molecule has 1 fully saturated rings. The summed E-state index contributed by atoms with van der Waals surface area (Å²) in [6.45, 7) is 4.29. The molecule has 0 bridgehead atoms. The highest BCUT2D eigenvalue weighted by atomic mass is 16.1. The number of nitrogens with two attached hydrogens (primary N) is 1. The second-order valence-corrected chi connectivity index (χ2v) is 4.64. The molecule has 2 rings (SSSR count). The Balaban J connectivity index is 2.21. The number of hydrogen-bond donors (Lipinski definition) is 2. The van der Waals surface area contributed by atoms with E-state index in [0.717, 1.165) is 24.2 Å². The number of aromatic nitrogens is 2. The van der Waals surface area contributed by atoms with Crippen LogP contribution in [0.1, 0.15) is 41.5 Å². The summed E-state index contributed by atoms with van der Waals surface area (Å²) in [5.41, 5.74) is 7.60. The Kier molecular flexibility index (Phi) is 3.11. The lowest BCUT2D eigenvalue weighted by Crippen LogP contribution is -2.42. The van der Waals surface area contributed by atoms with Gasteiger partial charge in [0.1, 0.15) is 0 Å². The van der Waals surface area contributed by atoms with Crippen molar-refractivity contribution < 1.29 is 4.79 Å². The predicted octanol–water partition coefficient (Wildman–Crippen LogP) is 0.569. The summed E-state index contributed by atoms with van der Waals surface area (Å²) < 4.78 is 0. The molecule has 0 spiro atoms. The molecule has 1 aromatic rings. The Bertz CT molecular complexity index is 440. The van der Waals surface area contributed by atoms with Crippen molar-refractivity contribution >= 4 is 5.91 Å². The summed E-state index contributed by atoms with van der Waals surface area (Å²) in [5.74, 6) is -0.0807. The van der Waals surface area contributed by atoms with Crippen LogP contribution in [0.15, 0.2) is 6.07 Å². The van der Waals surface area contributed by atoms with Crippen LogP contribution in [0.3, 0.4) is 0 Å². The Labute approximate surface area is 101 Å². The lowest BCUT2D eigenvalue weighted by Gasteiger charge is -2.16. The van der Waals surface area contributed by atoms with E-state index in [9.17, 15) is 4.79 Å². The first-order valence-electron chi connectivity index (χ1n) is 5.96. The van der Waals surface area contributed by atoms with Gasteiger partial charge in [-0.05, 0) is 32.3 Å². The third kappa shape index (κ3) is 2.44. The molecule has 0 radical (unpaired) electrons. The molecule has 1 aromatic heterocycles. The number of nitrogens with zero attached hydrogens (tertiary/aromatic N) is 2. The highest BCUT2D eigenvalue weighted by molar-refractivity contribution is 5.96. The predicted molar refractivity (Wildman–Crippen MR) is 64.6 cm³/mol. The van der Waals surface area contributed by atoms with E-state index in [-0.39, 0.29) is 11.4 Å². The number of amides is 1. The van der Waals surface area contributed by atoms with Crippen molar-refractivity contribution in [2.75, 3.05) is 6.54 Å². The molecule has 1 heterocycles. The molecule has 5 nitrogen and oxygen atoms in total. The van der Waals surface area contributed by atoms with Crippen molar-refractivity contribution in [1.82, 2.24) is 15.5 Å². The van der Waals surface area contributed by atoms with Crippen molar-refractivity contribution in [3.63, 3.8) is 0 Å². The Morgan fingerprint density at radius 3 is 2.76 bits per heavy atom. The van der Waals surface area contributed by atoms with E-state index in [2.05, 4.69) is 15.5 Å². The Hall–Kier alpha value is -1.49. The second kappa shape index (κ2) is 4.41. The van der Waals surface area contributed by atoms with Crippen LogP contribution < -0.4 is 11.1 Å². The number of hydrogen-bond acceptors (Lipinski definition) is 4. The van der Waals surface area contributed by atoms with Gasteiger partial charge in [0.25, 0.3) is 5.91 Å². The summed E-state index contributed by atoms with van der Waals surface area (Å²) >= 11 is 0. The minimum atomic E-state index is -0.167. The quantitative estimate of drug-likeness (QED) is 0.798. The fourth-order valence-corrected chi connectivity index (χ4v) is 1.81. The zero-order chi connectivity index (χ0) is 12.5. The summed E-state index contributed by atoms with van der Waals surface area (Å²) in [6.07, 6.45) is 2.63. The van der Waals surface area contributed by atoms with Crippen LogP contribution in [-0.2, 0) is 6.42 Å². The van der Waals surface area contributed by atoms with Crippen molar-refractivity contribution in [3.8, 4) is 0 Å². The summed E-state index contributed by atoms with van der Waals surface area (Å²) in [6, 6.07) is 1.79. The van der Waals surface area contributed by atoms with Gasteiger partial charge in [0.15, 0.2) is 0 Å². The van der Waals surface area contributed by atoms with Crippen LogP contribution in [0.4, 0.5) is 0 Å². The maximum absolute atomic E-state index is 12.2. The fourth-order valence-electron chi connectivity index (χ4n) is 1.81. The van der Waals surface area contributed by atoms with Crippen LogP contribution in [-0.4, -0.2) is 28.2 Å². The molecule has 1 aliphatic rings. The van der Waals surface area contributed by atoms with Crippen LogP contribution in [0.25, 0.3) is 0 Å². The van der Waals surface area contributed by atoms with Crippen molar-refractivity contribution in [2.24, 2.45) is 5.73 Å².